The molecule has 2 unspecified atom stereocenters. The van der Waals surface area contributed by atoms with E-state index in [1.807, 2.05) is 43.9 Å². The first-order chi connectivity index (χ1) is 11.3. The Labute approximate surface area is 143 Å². The third kappa shape index (κ3) is 2.35. The molecule has 4 nitrogen and oxygen atoms in total. The van der Waals surface area contributed by atoms with Gasteiger partial charge in [-0.1, -0.05) is 24.3 Å². The van der Waals surface area contributed by atoms with Gasteiger partial charge in [-0.3, -0.25) is 4.79 Å². The van der Waals surface area contributed by atoms with Crippen molar-refractivity contribution in [2.45, 2.75) is 70.6 Å². The number of hydrogen-bond donors (Lipinski definition) is 0. The number of carbonyl (C=O) groups is 2. The van der Waals surface area contributed by atoms with Crippen LogP contribution in [0, 0.1) is 5.41 Å². The second-order valence-electron chi connectivity index (χ2n) is 8.62. The Bertz CT molecular complexity index is 689. The monoisotopic (exact) mass is 327 g/mol. The lowest BCUT2D eigenvalue weighted by Gasteiger charge is -2.44. The summed E-state index contributed by atoms with van der Waals surface area (Å²) in [6.45, 7) is 5.69. The number of fused-ring (bicyclic) bond motifs is 3. The minimum absolute atomic E-state index is 0.136. The first-order valence-electron chi connectivity index (χ1n) is 8.93. The zero-order valence-electron chi connectivity index (χ0n) is 14.7. The lowest BCUT2D eigenvalue weighted by Crippen LogP contribution is -2.53. The van der Waals surface area contributed by atoms with Crippen LogP contribution >= 0.6 is 0 Å². The number of ketones is 1. The van der Waals surface area contributed by atoms with E-state index in [1.54, 1.807) is 0 Å². The van der Waals surface area contributed by atoms with Crippen LogP contribution in [0.4, 0.5) is 4.79 Å². The van der Waals surface area contributed by atoms with Crippen LogP contribution in [0.15, 0.2) is 24.3 Å². The molecule has 2 fully saturated rings. The van der Waals surface area contributed by atoms with E-state index in [0.717, 1.165) is 37.7 Å². The van der Waals surface area contributed by atoms with Crippen LogP contribution in [-0.4, -0.2) is 34.5 Å². The first-order valence-corrected chi connectivity index (χ1v) is 8.93. The lowest BCUT2D eigenvalue weighted by molar-refractivity contribution is -0.00827. The van der Waals surface area contributed by atoms with Crippen molar-refractivity contribution in [1.29, 1.82) is 0 Å². The molecular weight excluding hydrogens is 302 g/mol. The Morgan fingerprint density at radius 3 is 2.38 bits per heavy atom. The molecule has 2 heterocycles. The van der Waals surface area contributed by atoms with Gasteiger partial charge >= 0.3 is 6.09 Å². The van der Waals surface area contributed by atoms with Gasteiger partial charge < -0.3 is 9.64 Å². The molecule has 2 saturated heterocycles. The van der Waals surface area contributed by atoms with E-state index in [1.165, 1.54) is 5.56 Å². The number of rotatable bonds is 0. The number of Topliss-reactive ketones (excluding diaryl/α,β-unsaturated/α-hetero) is 1. The van der Waals surface area contributed by atoms with Crippen LogP contribution < -0.4 is 0 Å². The average molecular weight is 327 g/mol. The second kappa shape index (κ2) is 5.08. The molecule has 1 aliphatic carbocycles. The number of carbonyl (C=O) groups excluding carboxylic acids is 2. The largest absolute Gasteiger partial charge is 0.444 e. The number of amides is 1. The van der Waals surface area contributed by atoms with Gasteiger partial charge in [0.1, 0.15) is 5.60 Å². The maximum atomic E-state index is 13.1. The fourth-order valence-corrected chi connectivity index (χ4v) is 4.92. The van der Waals surface area contributed by atoms with Crippen LogP contribution in [0.2, 0.25) is 0 Å². The summed E-state index contributed by atoms with van der Waals surface area (Å²) in [7, 11) is 0. The highest BCUT2D eigenvalue weighted by Crippen LogP contribution is 2.52. The molecule has 4 rings (SSSR count). The molecule has 24 heavy (non-hydrogen) atoms. The van der Waals surface area contributed by atoms with Crippen molar-refractivity contribution in [1.82, 2.24) is 4.90 Å². The molecule has 1 aromatic carbocycles. The number of hydrogen-bond acceptors (Lipinski definition) is 3. The fourth-order valence-electron chi connectivity index (χ4n) is 4.92. The lowest BCUT2D eigenvalue weighted by atomic mass is 9.72. The summed E-state index contributed by atoms with van der Waals surface area (Å²) < 4.78 is 5.60. The van der Waals surface area contributed by atoms with Crippen LogP contribution in [0.5, 0.6) is 0 Å². The predicted octanol–water partition coefficient (Wildman–Crippen LogP) is 3.97. The Morgan fingerprint density at radius 1 is 1.17 bits per heavy atom. The van der Waals surface area contributed by atoms with Crippen LogP contribution in [0.3, 0.4) is 0 Å². The van der Waals surface area contributed by atoms with Gasteiger partial charge in [0.25, 0.3) is 0 Å². The third-order valence-corrected chi connectivity index (χ3v) is 5.75. The molecule has 2 aliphatic heterocycles. The maximum Gasteiger partial charge on any atom is 0.410 e. The summed E-state index contributed by atoms with van der Waals surface area (Å²) in [5, 5.41) is 0. The smallest absolute Gasteiger partial charge is 0.410 e. The summed E-state index contributed by atoms with van der Waals surface area (Å²) >= 11 is 0. The van der Waals surface area contributed by atoms with Crippen LogP contribution in [0.1, 0.15) is 62.4 Å². The minimum Gasteiger partial charge on any atom is -0.444 e. The standard InChI is InChI=1S/C20H25NO3/c1-19(2,3)24-18(23)21-14-8-9-15(21)12-20(11-14)10-13-6-4-5-7-16(13)17(20)22/h4-7,14-15H,8-12H2,1-3H3. The molecule has 1 spiro atoms. The Hall–Kier alpha value is -1.84. The van der Waals surface area contributed by atoms with Crippen molar-refractivity contribution in [2.24, 2.45) is 5.41 Å². The van der Waals surface area contributed by atoms with Gasteiger partial charge in [-0.05, 0) is 58.4 Å². The van der Waals surface area contributed by atoms with Gasteiger partial charge in [-0.25, -0.2) is 4.79 Å². The van der Waals surface area contributed by atoms with E-state index in [0.29, 0.717) is 5.78 Å². The third-order valence-electron chi connectivity index (χ3n) is 5.75. The van der Waals surface area contributed by atoms with E-state index < -0.39 is 5.60 Å². The van der Waals surface area contributed by atoms with Gasteiger partial charge in [0.05, 0.1) is 0 Å². The summed E-state index contributed by atoms with van der Waals surface area (Å²) in [5.41, 5.74) is 1.29. The van der Waals surface area contributed by atoms with Gasteiger partial charge in [0.2, 0.25) is 0 Å². The number of benzene rings is 1. The molecule has 0 radical (unpaired) electrons. The number of piperidine rings is 1. The zero-order chi connectivity index (χ0) is 17.1. The molecule has 0 aromatic heterocycles. The quantitative estimate of drug-likeness (QED) is 0.724. The van der Waals surface area contributed by atoms with E-state index in [9.17, 15) is 9.59 Å². The molecule has 4 heteroatoms. The second-order valence-corrected chi connectivity index (χ2v) is 8.62. The summed E-state index contributed by atoms with van der Waals surface area (Å²) in [6, 6.07) is 8.25. The summed E-state index contributed by atoms with van der Waals surface area (Å²) in [4.78, 5) is 27.6. The molecule has 0 N–H and O–H groups in total. The molecule has 128 valence electrons. The van der Waals surface area contributed by atoms with Gasteiger partial charge in [-0.15, -0.1) is 0 Å². The predicted molar refractivity (Wildman–Crippen MR) is 91.0 cm³/mol. The van der Waals surface area contributed by atoms with Crippen molar-refractivity contribution in [2.75, 3.05) is 0 Å². The Kier molecular flexibility index (Phi) is 3.32. The molecular formula is C20H25NO3. The molecule has 1 amide bonds. The maximum absolute atomic E-state index is 13.1. The van der Waals surface area contributed by atoms with Gasteiger partial charge in [-0.2, -0.15) is 0 Å². The van der Waals surface area contributed by atoms with E-state index in [2.05, 4.69) is 6.07 Å². The SMILES string of the molecule is CC(C)(C)OC(=O)N1C2CCC1CC1(Cc3ccccc3C1=O)C2. The molecule has 0 saturated carbocycles. The minimum atomic E-state index is -0.481. The highest BCUT2D eigenvalue weighted by molar-refractivity contribution is 6.05. The molecule has 2 atom stereocenters. The normalized spacial score (nSPS) is 31.5. The van der Waals surface area contributed by atoms with Crippen LogP contribution in [0.25, 0.3) is 0 Å². The number of nitrogens with zero attached hydrogens (tertiary/aromatic N) is 1. The molecule has 2 bridgehead atoms. The van der Waals surface area contributed by atoms with Crippen molar-refractivity contribution in [3.05, 3.63) is 35.4 Å². The average Bonchev–Trinajstić information content (AvgIpc) is 2.91. The topological polar surface area (TPSA) is 46.6 Å². The highest BCUT2D eigenvalue weighted by Gasteiger charge is 2.56. The van der Waals surface area contributed by atoms with Gasteiger partial charge in [0.15, 0.2) is 5.78 Å². The van der Waals surface area contributed by atoms with Crippen molar-refractivity contribution < 1.29 is 14.3 Å². The van der Waals surface area contributed by atoms with Crippen molar-refractivity contribution in [3.8, 4) is 0 Å². The van der Waals surface area contributed by atoms with E-state index in [-0.39, 0.29) is 23.6 Å². The van der Waals surface area contributed by atoms with Crippen molar-refractivity contribution in [3.63, 3.8) is 0 Å². The molecule has 1 aromatic rings. The summed E-state index contributed by atoms with van der Waals surface area (Å²) in [5.74, 6) is 0.291. The first kappa shape index (κ1) is 15.7. The number of ether oxygens (including phenoxy) is 1. The van der Waals surface area contributed by atoms with Crippen molar-refractivity contribution >= 4 is 11.9 Å². The molecule has 3 aliphatic rings. The Morgan fingerprint density at radius 2 is 1.79 bits per heavy atom. The summed E-state index contributed by atoms with van der Waals surface area (Å²) in [6.07, 6.45) is 4.13. The van der Waals surface area contributed by atoms with Gasteiger partial charge in [0, 0.05) is 23.1 Å². The van der Waals surface area contributed by atoms with E-state index >= 15 is 0 Å². The van der Waals surface area contributed by atoms with Crippen LogP contribution in [-0.2, 0) is 11.2 Å². The zero-order valence-corrected chi connectivity index (χ0v) is 14.7. The van der Waals surface area contributed by atoms with E-state index in [4.69, 9.17) is 4.74 Å². The fraction of sp³-hybridized carbons (Fsp3) is 0.600. The highest BCUT2D eigenvalue weighted by atomic mass is 16.6. The Balaban J connectivity index is 1.58.